The lowest BCUT2D eigenvalue weighted by Crippen LogP contribution is -2.31. The predicted octanol–water partition coefficient (Wildman–Crippen LogP) is 5.56. The van der Waals surface area contributed by atoms with E-state index >= 15 is 0 Å². The minimum atomic E-state index is 0.0342. The number of thiocarbonyl (C=S) groups is 1. The summed E-state index contributed by atoms with van der Waals surface area (Å²) in [5, 5.41) is 7.90. The maximum Gasteiger partial charge on any atom is 0.170 e. The number of aryl methyl sites for hydroxylation is 1. The number of nitrogens with one attached hydrogen (secondary N) is 2. The van der Waals surface area contributed by atoms with Crippen LogP contribution in [0.15, 0.2) is 60.8 Å². The van der Waals surface area contributed by atoms with Crippen molar-refractivity contribution < 1.29 is 0 Å². The first-order chi connectivity index (χ1) is 15.5. The molecule has 1 aliphatic rings. The molecule has 2 aromatic heterocycles. The number of pyridine rings is 1. The van der Waals surface area contributed by atoms with Crippen molar-refractivity contribution >= 4 is 23.0 Å². The summed E-state index contributed by atoms with van der Waals surface area (Å²) >= 11 is 5.83. The van der Waals surface area contributed by atoms with Crippen molar-refractivity contribution in [2.45, 2.75) is 52.2 Å². The van der Waals surface area contributed by atoms with Crippen LogP contribution in [-0.4, -0.2) is 32.7 Å². The number of hydrogen-bond donors (Lipinski definition) is 2. The van der Waals surface area contributed by atoms with E-state index in [0.717, 1.165) is 36.0 Å². The first-order valence-electron chi connectivity index (χ1n) is 11.4. The number of rotatable bonds is 8. The van der Waals surface area contributed by atoms with E-state index in [1.54, 1.807) is 0 Å². The Morgan fingerprint density at radius 2 is 1.84 bits per heavy atom. The highest BCUT2D eigenvalue weighted by atomic mass is 32.1. The van der Waals surface area contributed by atoms with Crippen LogP contribution in [-0.2, 0) is 0 Å². The molecule has 0 amide bonds. The lowest BCUT2D eigenvalue weighted by molar-refractivity contribution is 0.314. The van der Waals surface area contributed by atoms with Gasteiger partial charge in [-0.3, -0.25) is 4.98 Å². The Bertz CT molecular complexity index is 1040. The average Bonchev–Trinajstić information content (AvgIpc) is 3.27. The van der Waals surface area contributed by atoms with Crippen molar-refractivity contribution in [2.24, 2.45) is 0 Å². The van der Waals surface area contributed by atoms with Gasteiger partial charge in [0.15, 0.2) is 5.11 Å². The second-order valence-corrected chi connectivity index (χ2v) is 9.14. The molecule has 0 radical (unpaired) electrons. The van der Waals surface area contributed by atoms with E-state index < -0.39 is 0 Å². The largest absolute Gasteiger partial charge is 0.385 e. The Kier molecular flexibility index (Phi) is 6.80. The minimum absolute atomic E-state index is 0.0342. The zero-order valence-corrected chi connectivity index (χ0v) is 20.2. The molecule has 1 fully saturated rings. The van der Waals surface area contributed by atoms with E-state index in [1.807, 2.05) is 24.4 Å². The van der Waals surface area contributed by atoms with E-state index in [-0.39, 0.29) is 12.1 Å². The van der Waals surface area contributed by atoms with Gasteiger partial charge in [0.25, 0.3) is 0 Å². The highest BCUT2D eigenvalue weighted by molar-refractivity contribution is 7.80. The van der Waals surface area contributed by atoms with E-state index in [9.17, 15) is 0 Å². The second kappa shape index (κ2) is 9.74. The van der Waals surface area contributed by atoms with Crippen LogP contribution < -0.4 is 10.6 Å². The average molecular weight is 448 g/mol. The van der Waals surface area contributed by atoms with Gasteiger partial charge in [-0.1, -0.05) is 24.3 Å². The molecule has 4 rings (SSSR count). The number of para-hydroxylation sites is 1. The van der Waals surface area contributed by atoms with E-state index in [4.69, 9.17) is 12.2 Å². The van der Waals surface area contributed by atoms with Gasteiger partial charge in [-0.05, 0) is 82.2 Å². The molecule has 1 saturated heterocycles. The maximum atomic E-state index is 5.83. The van der Waals surface area contributed by atoms with Gasteiger partial charge in [0.05, 0.1) is 17.8 Å². The van der Waals surface area contributed by atoms with Crippen molar-refractivity contribution in [1.29, 1.82) is 0 Å². The second-order valence-electron chi connectivity index (χ2n) is 8.76. The highest BCUT2D eigenvalue weighted by Gasteiger charge is 2.41. The van der Waals surface area contributed by atoms with Crippen molar-refractivity contribution in [1.82, 2.24) is 19.8 Å². The van der Waals surface area contributed by atoms with Crippen molar-refractivity contribution in [3.63, 3.8) is 0 Å². The van der Waals surface area contributed by atoms with E-state index in [1.165, 1.54) is 17.0 Å². The summed E-state index contributed by atoms with van der Waals surface area (Å²) in [5.74, 6) is 0. The molecule has 2 atom stereocenters. The third-order valence-electron chi connectivity index (χ3n) is 6.24. The summed E-state index contributed by atoms with van der Waals surface area (Å²) in [4.78, 5) is 7.02. The van der Waals surface area contributed by atoms with Gasteiger partial charge < -0.3 is 20.1 Å². The summed E-state index contributed by atoms with van der Waals surface area (Å²) < 4.78 is 2.42. The van der Waals surface area contributed by atoms with Crippen LogP contribution in [0, 0.1) is 13.8 Å². The number of hydrogen-bond acceptors (Lipinski definition) is 3. The summed E-state index contributed by atoms with van der Waals surface area (Å²) in [5.41, 5.74) is 6.10. The van der Waals surface area contributed by atoms with Gasteiger partial charge in [0.2, 0.25) is 0 Å². The SMILES string of the molecule is Cc1cc([C@@H]2[C@H](c3ccccn3)NC(=S)N2CCCNc2ccccc2)c(C)n1C(C)C. The minimum Gasteiger partial charge on any atom is -0.385 e. The summed E-state index contributed by atoms with van der Waals surface area (Å²) in [6.45, 7) is 10.7. The van der Waals surface area contributed by atoms with Crippen LogP contribution >= 0.6 is 12.2 Å². The van der Waals surface area contributed by atoms with Crippen LogP contribution in [0.4, 0.5) is 5.69 Å². The van der Waals surface area contributed by atoms with Gasteiger partial charge >= 0.3 is 0 Å². The first-order valence-corrected chi connectivity index (χ1v) is 11.8. The Hall–Kier alpha value is -2.86. The van der Waals surface area contributed by atoms with Crippen LogP contribution in [0.1, 0.15) is 61.0 Å². The smallest absolute Gasteiger partial charge is 0.170 e. The molecule has 0 saturated carbocycles. The van der Waals surface area contributed by atoms with Gasteiger partial charge in [-0.25, -0.2) is 0 Å². The van der Waals surface area contributed by atoms with E-state index in [0.29, 0.717) is 6.04 Å². The summed E-state index contributed by atoms with van der Waals surface area (Å²) in [7, 11) is 0. The normalized spacial score (nSPS) is 18.3. The van der Waals surface area contributed by atoms with Crippen LogP contribution in [0.5, 0.6) is 0 Å². The molecule has 6 heteroatoms. The fraction of sp³-hybridized carbons (Fsp3) is 0.385. The monoisotopic (exact) mass is 447 g/mol. The molecular formula is C26H33N5S. The van der Waals surface area contributed by atoms with Crippen molar-refractivity contribution in [3.8, 4) is 0 Å². The number of anilines is 1. The lowest BCUT2D eigenvalue weighted by atomic mass is 9.96. The summed E-state index contributed by atoms with van der Waals surface area (Å²) in [6.07, 6.45) is 2.85. The molecule has 2 N–H and O–H groups in total. The molecule has 0 aliphatic carbocycles. The zero-order chi connectivity index (χ0) is 22.7. The predicted molar refractivity (Wildman–Crippen MR) is 136 cm³/mol. The number of nitrogens with zero attached hydrogens (tertiary/aromatic N) is 3. The molecule has 168 valence electrons. The molecule has 3 heterocycles. The van der Waals surface area contributed by atoms with Gasteiger partial charge in [0, 0.05) is 42.4 Å². The maximum absolute atomic E-state index is 5.83. The number of aromatic nitrogens is 2. The first kappa shape index (κ1) is 22.3. The van der Waals surface area contributed by atoms with Gasteiger partial charge in [0.1, 0.15) is 0 Å². The van der Waals surface area contributed by atoms with Crippen LogP contribution in [0.2, 0.25) is 0 Å². The molecule has 0 unspecified atom stereocenters. The number of benzene rings is 1. The molecule has 0 bridgehead atoms. The Balaban J connectivity index is 1.59. The van der Waals surface area contributed by atoms with Crippen molar-refractivity contribution in [3.05, 3.63) is 83.4 Å². The molecule has 1 aliphatic heterocycles. The van der Waals surface area contributed by atoms with Crippen LogP contribution in [0.3, 0.4) is 0 Å². The molecule has 3 aromatic rings. The zero-order valence-electron chi connectivity index (χ0n) is 19.4. The Labute approximate surface area is 196 Å². The van der Waals surface area contributed by atoms with Crippen LogP contribution in [0.25, 0.3) is 0 Å². The van der Waals surface area contributed by atoms with Crippen molar-refractivity contribution in [2.75, 3.05) is 18.4 Å². The third kappa shape index (κ3) is 4.51. The third-order valence-corrected chi connectivity index (χ3v) is 6.59. The molecular weight excluding hydrogens is 414 g/mol. The standard InChI is InChI=1S/C26H33N5S/c1-18(2)31-19(3)17-22(20(31)4)25-24(23-13-8-9-14-28-23)29-26(32)30(25)16-10-15-27-21-11-6-5-7-12-21/h5-9,11-14,17-18,24-25,27H,10,15-16H2,1-4H3,(H,29,32)/t24-,25+/m0/s1. The quantitative estimate of drug-likeness (QED) is 0.350. The molecule has 0 spiro atoms. The molecule has 5 nitrogen and oxygen atoms in total. The highest BCUT2D eigenvalue weighted by Crippen LogP contribution is 2.41. The fourth-order valence-corrected chi connectivity index (χ4v) is 5.25. The van der Waals surface area contributed by atoms with Gasteiger partial charge in [-0.2, -0.15) is 0 Å². The summed E-state index contributed by atoms with van der Waals surface area (Å²) in [6, 6.07) is 19.4. The Morgan fingerprint density at radius 1 is 1.09 bits per heavy atom. The topological polar surface area (TPSA) is 45.1 Å². The molecule has 1 aromatic carbocycles. The fourth-order valence-electron chi connectivity index (χ4n) is 4.92. The lowest BCUT2D eigenvalue weighted by Gasteiger charge is -2.28. The Morgan fingerprint density at radius 3 is 2.50 bits per heavy atom. The van der Waals surface area contributed by atoms with Gasteiger partial charge in [-0.15, -0.1) is 0 Å². The molecule has 32 heavy (non-hydrogen) atoms. The van der Waals surface area contributed by atoms with E-state index in [2.05, 4.69) is 89.2 Å².